The molecule has 0 saturated carbocycles. The largest absolute Gasteiger partial charge is 0.252 e. The summed E-state index contributed by atoms with van der Waals surface area (Å²) in [6, 6.07) is 3.83. The van der Waals surface area contributed by atoms with E-state index in [0.717, 1.165) is 15.9 Å². The molecule has 3 rings (SSSR count). The summed E-state index contributed by atoms with van der Waals surface area (Å²) in [6.07, 6.45) is 5.24. The summed E-state index contributed by atoms with van der Waals surface area (Å²) in [7, 11) is 0. The van der Waals surface area contributed by atoms with E-state index in [-0.39, 0.29) is 0 Å². The average molecular weight is 319 g/mol. The van der Waals surface area contributed by atoms with E-state index < -0.39 is 0 Å². The molecule has 0 spiro atoms. The molecule has 3 heterocycles. The van der Waals surface area contributed by atoms with Crippen LogP contribution in [0.15, 0.2) is 35.2 Å². The number of hydrogen-bond donors (Lipinski definition) is 0. The Labute approximate surface area is 118 Å². The molecule has 0 aliphatic heterocycles. The molecule has 6 nitrogen and oxygen atoms in total. The van der Waals surface area contributed by atoms with Crippen LogP contribution in [0.5, 0.6) is 0 Å². The number of aryl methyl sites for hydroxylation is 2. The molecule has 0 unspecified atom stereocenters. The molecule has 7 heteroatoms. The van der Waals surface area contributed by atoms with Crippen molar-refractivity contribution in [3.8, 4) is 11.8 Å². The Morgan fingerprint density at radius 1 is 1.26 bits per heavy atom. The second kappa shape index (κ2) is 4.58. The highest BCUT2D eigenvalue weighted by Gasteiger charge is 2.11. The van der Waals surface area contributed by atoms with Crippen molar-refractivity contribution >= 4 is 15.9 Å². The van der Waals surface area contributed by atoms with Gasteiger partial charge >= 0.3 is 0 Å². The van der Waals surface area contributed by atoms with Crippen molar-refractivity contribution in [2.45, 2.75) is 13.8 Å². The molecule has 0 bridgehead atoms. The lowest BCUT2D eigenvalue weighted by Crippen LogP contribution is -2.09. The smallest absolute Gasteiger partial charge is 0.221 e. The third-order valence-corrected chi connectivity index (χ3v) is 3.19. The van der Waals surface area contributed by atoms with E-state index in [1.54, 1.807) is 21.8 Å². The number of halogens is 1. The Morgan fingerprint density at radius 3 is 2.74 bits per heavy atom. The zero-order valence-electron chi connectivity index (χ0n) is 10.4. The fourth-order valence-electron chi connectivity index (χ4n) is 1.84. The van der Waals surface area contributed by atoms with E-state index in [1.807, 2.05) is 32.2 Å². The van der Waals surface area contributed by atoms with Gasteiger partial charge in [-0.25, -0.2) is 14.3 Å². The lowest BCUT2D eigenvalue weighted by Gasteiger charge is -2.07. The predicted octanol–water partition coefficient (Wildman–Crippen LogP) is 2.23. The quantitative estimate of drug-likeness (QED) is 0.727. The summed E-state index contributed by atoms with van der Waals surface area (Å²) < 4.78 is 4.18. The highest BCUT2D eigenvalue weighted by molar-refractivity contribution is 9.10. The Morgan fingerprint density at radius 2 is 2.11 bits per heavy atom. The van der Waals surface area contributed by atoms with E-state index in [4.69, 9.17) is 0 Å². The van der Waals surface area contributed by atoms with Crippen molar-refractivity contribution in [3.63, 3.8) is 0 Å². The maximum absolute atomic E-state index is 4.50. The van der Waals surface area contributed by atoms with Crippen LogP contribution in [0.25, 0.3) is 11.8 Å². The highest BCUT2D eigenvalue weighted by atomic mass is 79.9. The number of rotatable bonds is 2. The minimum Gasteiger partial charge on any atom is -0.221 e. The molecular weight excluding hydrogens is 308 g/mol. The van der Waals surface area contributed by atoms with E-state index in [2.05, 4.69) is 36.1 Å². The van der Waals surface area contributed by atoms with Crippen LogP contribution < -0.4 is 0 Å². The maximum Gasteiger partial charge on any atom is 0.252 e. The summed E-state index contributed by atoms with van der Waals surface area (Å²) in [5.74, 6) is 1.21. The lowest BCUT2D eigenvalue weighted by molar-refractivity contribution is 0.749. The van der Waals surface area contributed by atoms with Crippen LogP contribution in [0.2, 0.25) is 0 Å². The average Bonchev–Trinajstić information content (AvgIpc) is 3.00. The third-order valence-electron chi connectivity index (χ3n) is 2.63. The molecule has 3 aromatic heterocycles. The number of aromatic nitrogens is 6. The molecule has 0 N–H and O–H groups in total. The van der Waals surface area contributed by atoms with Gasteiger partial charge in [-0.1, -0.05) is 0 Å². The van der Waals surface area contributed by atoms with Crippen LogP contribution in [0.4, 0.5) is 0 Å². The fraction of sp³-hybridized carbons (Fsp3) is 0.167. The van der Waals surface area contributed by atoms with Gasteiger partial charge in [-0.2, -0.15) is 15.2 Å². The molecule has 19 heavy (non-hydrogen) atoms. The van der Waals surface area contributed by atoms with Crippen molar-refractivity contribution in [2.75, 3.05) is 0 Å². The van der Waals surface area contributed by atoms with Crippen molar-refractivity contribution in [3.05, 3.63) is 46.6 Å². The molecule has 0 aliphatic carbocycles. The molecule has 0 aliphatic rings. The van der Waals surface area contributed by atoms with E-state index >= 15 is 0 Å². The van der Waals surface area contributed by atoms with Crippen LogP contribution in [0.1, 0.15) is 11.4 Å². The van der Waals surface area contributed by atoms with E-state index in [0.29, 0.717) is 11.8 Å². The van der Waals surface area contributed by atoms with Crippen molar-refractivity contribution in [1.29, 1.82) is 0 Å². The van der Waals surface area contributed by atoms with Crippen LogP contribution in [-0.2, 0) is 0 Å². The van der Waals surface area contributed by atoms with Gasteiger partial charge in [0.2, 0.25) is 0 Å². The van der Waals surface area contributed by atoms with Crippen LogP contribution >= 0.6 is 15.9 Å². The van der Waals surface area contributed by atoms with Crippen molar-refractivity contribution in [1.82, 2.24) is 29.5 Å². The SMILES string of the molecule is Cc1cc(C)n(-c2ncc(Br)c(-n3cccn3)n2)n1. The minimum atomic E-state index is 0.527. The lowest BCUT2D eigenvalue weighted by atomic mass is 10.4. The fourth-order valence-corrected chi connectivity index (χ4v) is 2.21. The molecular formula is C12H11BrN6. The molecule has 0 fully saturated rings. The molecule has 0 radical (unpaired) electrons. The van der Waals surface area contributed by atoms with Crippen molar-refractivity contribution < 1.29 is 0 Å². The highest BCUT2D eigenvalue weighted by Crippen LogP contribution is 2.18. The summed E-state index contributed by atoms with van der Waals surface area (Å²) >= 11 is 3.43. The molecule has 0 amide bonds. The van der Waals surface area contributed by atoms with Gasteiger partial charge in [0.15, 0.2) is 5.82 Å². The van der Waals surface area contributed by atoms with Gasteiger partial charge in [-0.15, -0.1) is 0 Å². The Hall–Kier alpha value is -2.02. The van der Waals surface area contributed by atoms with E-state index in [1.165, 1.54) is 0 Å². The van der Waals surface area contributed by atoms with Gasteiger partial charge < -0.3 is 0 Å². The number of hydrogen-bond acceptors (Lipinski definition) is 4. The monoisotopic (exact) mass is 318 g/mol. The van der Waals surface area contributed by atoms with Gasteiger partial charge in [0.05, 0.1) is 10.2 Å². The van der Waals surface area contributed by atoms with E-state index in [9.17, 15) is 0 Å². The van der Waals surface area contributed by atoms with Crippen LogP contribution in [0.3, 0.4) is 0 Å². The summed E-state index contributed by atoms with van der Waals surface area (Å²) in [6.45, 7) is 3.91. The van der Waals surface area contributed by atoms with Gasteiger partial charge in [0, 0.05) is 24.3 Å². The first kappa shape index (κ1) is 12.0. The van der Waals surface area contributed by atoms with Gasteiger partial charge in [0.1, 0.15) is 0 Å². The standard InChI is InChI=1S/C12H11BrN6/c1-8-6-9(2)19(17-8)12-14-7-10(13)11(16-12)18-5-3-4-15-18/h3-7H,1-2H3. The summed E-state index contributed by atoms with van der Waals surface area (Å²) in [5, 5.41) is 8.56. The van der Waals surface area contributed by atoms with Crippen LogP contribution in [-0.4, -0.2) is 29.5 Å². The maximum atomic E-state index is 4.50. The first-order chi connectivity index (χ1) is 9.15. The zero-order chi connectivity index (χ0) is 13.4. The topological polar surface area (TPSA) is 61.4 Å². The van der Waals surface area contributed by atoms with Gasteiger partial charge in [0.25, 0.3) is 5.95 Å². The summed E-state index contributed by atoms with van der Waals surface area (Å²) in [5.41, 5.74) is 1.93. The minimum absolute atomic E-state index is 0.527. The second-order valence-electron chi connectivity index (χ2n) is 4.13. The van der Waals surface area contributed by atoms with Gasteiger partial charge in [-0.3, -0.25) is 0 Å². The molecule has 0 aromatic carbocycles. The normalized spacial score (nSPS) is 10.9. The predicted molar refractivity (Wildman–Crippen MR) is 73.5 cm³/mol. The summed E-state index contributed by atoms with van der Waals surface area (Å²) in [4.78, 5) is 8.80. The molecule has 96 valence electrons. The molecule has 0 saturated heterocycles. The van der Waals surface area contributed by atoms with Crippen LogP contribution in [0, 0.1) is 13.8 Å². The molecule has 0 atom stereocenters. The molecule has 3 aromatic rings. The first-order valence-corrected chi connectivity index (χ1v) is 6.50. The Kier molecular flexibility index (Phi) is 2.90. The zero-order valence-corrected chi connectivity index (χ0v) is 12.0. The Bertz CT molecular complexity index is 716. The van der Waals surface area contributed by atoms with Crippen molar-refractivity contribution in [2.24, 2.45) is 0 Å². The second-order valence-corrected chi connectivity index (χ2v) is 4.99. The number of nitrogens with zero attached hydrogens (tertiary/aromatic N) is 6. The first-order valence-electron chi connectivity index (χ1n) is 5.71. The third kappa shape index (κ3) is 2.17. The van der Waals surface area contributed by atoms with Gasteiger partial charge in [-0.05, 0) is 41.9 Å². The Balaban J connectivity index is 2.14.